The van der Waals surface area contributed by atoms with Crippen molar-refractivity contribution in [3.8, 4) is 0 Å². The van der Waals surface area contributed by atoms with Crippen LogP contribution in [0, 0.1) is 0 Å². The van der Waals surface area contributed by atoms with Crippen LogP contribution in [0.5, 0.6) is 0 Å². The van der Waals surface area contributed by atoms with Crippen LogP contribution in [0.3, 0.4) is 0 Å². The zero-order valence-electron chi connectivity index (χ0n) is 14.4. The summed E-state index contributed by atoms with van der Waals surface area (Å²) in [6, 6.07) is 9.87. The topological polar surface area (TPSA) is 24.5 Å². The Morgan fingerprint density at radius 1 is 1.10 bits per heavy atom. The molecule has 1 N–H and O–H groups in total. The molecular weight excluding hydrogens is 260 g/mol. The highest BCUT2D eigenvalue weighted by Gasteiger charge is 2.12. The van der Waals surface area contributed by atoms with Gasteiger partial charge in [0.05, 0.1) is 6.61 Å². The van der Waals surface area contributed by atoms with E-state index in [1.807, 2.05) is 0 Å². The number of nitrogens with one attached hydrogen (secondary N) is 1. The molecule has 0 spiro atoms. The van der Waals surface area contributed by atoms with Crippen LogP contribution in [0.2, 0.25) is 0 Å². The normalized spacial score (nSPS) is 11.8. The molecule has 0 saturated carbocycles. The predicted octanol–water partition coefficient (Wildman–Crippen LogP) is 3.08. The molecule has 0 radical (unpaired) electrons. The Kier molecular flexibility index (Phi) is 8.58. The van der Waals surface area contributed by atoms with Crippen molar-refractivity contribution in [3.05, 3.63) is 35.4 Å². The standard InChI is InChI=1S/C18H32N2O/c1-15(2)19-11-10-17-8-6-7-9-18(17)14-20(16(3)4)12-13-21-5/h6-9,15-16,19H,10-14H2,1-5H3. The molecule has 0 heterocycles. The van der Waals surface area contributed by atoms with Gasteiger partial charge >= 0.3 is 0 Å². The van der Waals surface area contributed by atoms with E-state index in [0.29, 0.717) is 12.1 Å². The molecule has 0 unspecified atom stereocenters. The van der Waals surface area contributed by atoms with Crippen molar-refractivity contribution < 1.29 is 4.74 Å². The zero-order chi connectivity index (χ0) is 15.7. The first kappa shape index (κ1) is 18.1. The number of benzene rings is 1. The summed E-state index contributed by atoms with van der Waals surface area (Å²) in [6.45, 7) is 12.7. The summed E-state index contributed by atoms with van der Waals surface area (Å²) in [4.78, 5) is 2.47. The maximum Gasteiger partial charge on any atom is 0.0589 e. The van der Waals surface area contributed by atoms with Crippen molar-refractivity contribution in [2.24, 2.45) is 0 Å². The van der Waals surface area contributed by atoms with E-state index in [2.05, 4.69) is 62.2 Å². The van der Waals surface area contributed by atoms with Gasteiger partial charge < -0.3 is 10.1 Å². The van der Waals surface area contributed by atoms with Crippen molar-refractivity contribution in [3.63, 3.8) is 0 Å². The largest absolute Gasteiger partial charge is 0.383 e. The van der Waals surface area contributed by atoms with Crippen molar-refractivity contribution in [1.82, 2.24) is 10.2 Å². The highest BCUT2D eigenvalue weighted by molar-refractivity contribution is 5.27. The van der Waals surface area contributed by atoms with Crippen molar-refractivity contribution in [2.75, 3.05) is 26.8 Å². The van der Waals surface area contributed by atoms with Crippen LogP contribution < -0.4 is 5.32 Å². The monoisotopic (exact) mass is 292 g/mol. The molecule has 3 nitrogen and oxygen atoms in total. The minimum atomic E-state index is 0.530. The maximum atomic E-state index is 5.23. The van der Waals surface area contributed by atoms with Crippen molar-refractivity contribution >= 4 is 0 Å². The van der Waals surface area contributed by atoms with Gasteiger partial charge in [0, 0.05) is 32.3 Å². The van der Waals surface area contributed by atoms with Crippen LogP contribution in [-0.4, -0.2) is 43.8 Å². The van der Waals surface area contributed by atoms with E-state index in [1.165, 1.54) is 11.1 Å². The Labute approximate surface area is 130 Å². The number of nitrogens with zero attached hydrogens (tertiary/aromatic N) is 1. The molecule has 0 aliphatic rings. The van der Waals surface area contributed by atoms with Gasteiger partial charge in [-0.05, 0) is 37.9 Å². The third kappa shape index (κ3) is 7.07. The molecule has 3 heteroatoms. The summed E-state index contributed by atoms with van der Waals surface area (Å²) in [5.41, 5.74) is 2.89. The molecule has 0 fully saturated rings. The number of ether oxygens (including phenoxy) is 1. The number of methoxy groups -OCH3 is 1. The van der Waals surface area contributed by atoms with E-state index in [9.17, 15) is 0 Å². The van der Waals surface area contributed by atoms with E-state index >= 15 is 0 Å². The first-order valence-corrected chi connectivity index (χ1v) is 8.07. The third-order valence-corrected chi connectivity index (χ3v) is 3.75. The highest BCUT2D eigenvalue weighted by Crippen LogP contribution is 2.14. The molecule has 0 amide bonds. The second kappa shape index (κ2) is 9.93. The van der Waals surface area contributed by atoms with Gasteiger partial charge in [0.2, 0.25) is 0 Å². The molecule has 0 bridgehead atoms. The lowest BCUT2D eigenvalue weighted by atomic mass is 10.0. The molecule has 0 aromatic heterocycles. The molecule has 0 atom stereocenters. The first-order valence-electron chi connectivity index (χ1n) is 8.07. The van der Waals surface area contributed by atoms with Crippen LogP contribution in [0.1, 0.15) is 38.8 Å². The number of hydrogen-bond acceptors (Lipinski definition) is 3. The minimum absolute atomic E-state index is 0.530. The van der Waals surface area contributed by atoms with Gasteiger partial charge in [0.15, 0.2) is 0 Å². The van der Waals surface area contributed by atoms with Gasteiger partial charge in [-0.1, -0.05) is 38.1 Å². The molecular formula is C18H32N2O. The second-order valence-electron chi connectivity index (χ2n) is 6.18. The molecule has 0 saturated heterocycles. The van der Waals surface area contributed by atoms with E-state index in [0.717, 1.165) is 32.7 Å². The highest BCUT2D eigenvalue weighted by atomic mass is 16.5. The summed E-state index contributed by atoms with van der Waals surface area (Å²) in [5.74, 6) is 0. The van der Waals surface area contributed by atoms with Gasteiger partial charge in [-0.25, -0.2) is 0 Å². The van der Waals surface area contributed by atoms with Gasteiger partial charge in [-0.3, -0.25) is 4.90 Å². The average molecular weight is 292 g/mol. The van der Waals surface area contributed by atoms with Crippen LogP contribution >= 0.6 is 0 Å². The lowest BCUT2D eigenvalue weighted by Crippen LogP contribution is -2.33. The summed E-state index contributed by atoms with van der Waals surface area (Å²) in [7, 11) is 1.77. The van der Waals surface area contributed by atoms with Gasteiger partial charge in [-0.2, -0.15) is 0 Å². The first-order chi connectivity index (χ1) is 10.0. The fraction of sp³-hybridized carbons (Fsp3) is 0.667. The van der Waals surface area contributed by atoms with E-state index < -0.39 is 0 Å². The van der Waals surface area contributed by atoms with Gasteiger partial charge in [-0.15, -0.1) is 0 Å². The molecule has 0 aliphatic heterocycles. The summed E-state index contributed by atoms with van der Waals surface area (Å²) >= 11 is 0. The summed E-state index contributed by atoms with van der Waals surface area (Å²) in [6.07, 6.45) is 1.09. The molecule has 21 heavy (non-hydrogen) atoms. The van der Waals surface area contributed by atoms with Crippen LogP contribution in [0.4, 0.5) is 0 Å². The quantitative estimate of drug-likeness (QED) is 0.717. The van der Waals surface area contributed by atoms with Gasteiger partial charge in [0.1, 0.15) is 0 Å². The fourth-order valence-electron chi connectivity index (χ4n) is 2.40. The molecule has 120 valence electrons. The maximum absolute atomic E-state index is 5.23. The van der Waals surface area contributed by atoms with Crippen molar-refractivity contribution in [2.45, 2.75) is 52.7 Å². The smallest absolute Gasteiger partial charge is 0.0589 e. The Hall–Kier alpha value is -0.900. The Morgan fingerprint density at radius 3 is 2.33 bits per heavy atom. The minimum Gasteiger partial charge on any atom is -0.383 e. The van der Waals surface area contributed by atoms with Crippen LogP contribution in [0.25, 0.3) is 0 Å². The Balaban J connectivity index is 2.67. The third-order valence-electron chi connectivity index (χ3n) is 3.75. The molecule has 0 aliphatic carbocycles. The SMILES string of the molecule is COCCN(Cc1ccccc1CCNC(C)C)C(C)C. The van der Waals surface area contributed by atoms with E-state index in [-0.39, 0.29) is 0 Å². The second-order valence-corrected chi connectivity index (χ2v) is 6.18. The molecule has 1 aromatic carbocycles. The number of hydrogen-bond donors (Lipinski definition) is 1. The van der Waals surface area contributed by atoms with Gasteiger partial charge in [0.25, 0.3) is 0 Å². The molecule has 1 aromatic rings. The molecule has 1 rings (SSSR count). The van der Waals surface area contributed by atoms with Crippen molar-refractivity contribution in [1.29, 1.82) is 0 Å². The predicted molar refractivity (Wildman–Crippen MR) is 90.7 cm³/mol. The lowest BCUT2D eigenvalue weighted by molar-refractivity contribution is 0.125. The zero-order valence-corrected chi connectivity index (χ0v) is 14.4. The van der Waals surface area contributed by atoms with Crippen LogP contribution in [0.15, 0.2) is 24.3 Å². The Morgan fingerprint density at radius 2 is 1.76 bits per heavy atom. The summed E-state index contributed by atoms with van der Waals surface area (Å²) < 4.78 is 5.23. The Bertz CT molecular complexity index is 391. The van der Waals surface area contributed by atoms with Crippen LogP contribution in [-0.2, 0) is 17.7 Å². The average Bonchev–Trinajstić information content (AvgIpc) is 2.44. The fourth-order valence-corrected chi connectivity index (χ4v) is 2.40. The van der Waals surface area contributed by atoms with E-state index in [1.54, 1.807) is 7.11 Å². The number of rotatable bonds is 10. The van der Waals surface area contributed by atoms with E-state index in [4.69, 9.17) is 4.74 Å². The summed E-state index contributed by atoms with van der Waals surface area (Å²) in [5, 5.41) is 3.50. The lowest BCUT2D eigenvalue weighted by Gasteiger charge is -2.27.